The number of aliphatic hydroxyl groups excluding tert-OH is 1. The van der Waals surface area contributed by atoms with Crippen LogP contribution in [0.25, 0.3) is 5.57 Å². The Kier molecular flexibility index (Phi) is 17.7. The van der Waals surface area contributed by atoms with E-state index in [1.165, 1.54) is 11.1 Å². The van der Waals surface area contributed by atoms with Crippen LogP contribution in [-0.2, 0) is 14.4 Å². The second kappa shape index (κ2) is 23.1. The molecule has 0 saturated carbocycles. The molecule has 0 saturated heterocycles. The number of carbonyl (C=O) groups is 3. The fraction of sp³-hybridized carbons (Fsp3) is 0.444. The number of benzene rings is 3. The Labute approximate surface area is 371 Å². The summed E-state index contributed by atoms with van der Waals surface area (Å²) in [6.07, 6.45) is 16.5. The van der Waals surface area contributed by atoms with Gasteiger partial charge in [0.2, 0.25) is 29.0 Å². The van der Waals surface area contributed by atoms with Crippen molar-refractivity contribution >= 4 is 51.6 Å². The number of amides is 2. The van der Waals surface area contributed by atoms with Gasteiger partial charge in [0.05, 0.1) is 22.5 Å². The number of nitrogens with zero attached hydrogens (tertiary/aromatic N) is 2. The van der Waals surface area contributed by atoms with E-state index in [0.29, 0.717) is 35.4 Å². The average Bonchev–Trinajstić information content (AvgIpc) is 3.27. The first-order valence-corrected chi connectivity index (χ1v) is 23.4. The second-order valence-electron chi connectivity index (χ2n) is 17.0. The molecule has 0 radical (unpaired) electrons. The second-order valence-corrected chi connectivity index (χ2v) is 17.0. The van der Waals surface area contributed by atoms with Crippen molar-refractivity contribution in [2.75, 3.05) is 23.3 Å². The molecule has 3 aromatic carbocycles. The van der Waals surface area contributed by atoms with Gasteiger partial charge in [0.15, 0.2) is 0 Å². The van der Waals surface area contributed by atoms with Gasteiger partial charge < -0.3 is 20.6 Å². The molecule has 2 aliphatic carbocycles. The predicted molar refractivity (Wildman–Crippen MR) is 258 cm³/mol. The number of aliphatic hydroxyl groups is 1. The van der Waals surface area contributed by atoms with Gasteiger partial charge in [-0.05, 0) is 82.4 Å². The molecule has 2 atom stereocenters. The summed E-state index contributed by atoms with van der Waals surface area (Å²) < 4.78 is 2.24. The quantitative estimate of drug-likeness (QED) is 0.0691. The van der Waals surface area contributed by atoms with Gasteiger partial charge in [0.1, 0.15) is 12.3 Å². The van der Waals surface area contributed by atoms with Crippen LogP contribution in [0.5, 0.6) is 0 Å². The zero-order valence-electron chi connectivity index (χ0n) is 38.7. The summed E-state index contributed by atoms with van der Waals surface area (Å²) in [6.45, 7) is 18.3. The first-order chi connectivity index (χ1) is 30.0. The van der Waals surface area contributed by atoms with Crippen molar-refractivity contribution in [3.8, 4) is 0 Å². The van der Waals surface area contributed by atoms with Gasteiger partial charge in [0.25, 0.3) is 0 Å². The monoisotopic (exact) mass is 840 g/mol. The van der Waals surface area contributed by atoms with Gasteiger partial charge in [0, 0.05) is 71.6 Å². The lowest BCUT2D eigenvalue weighted by Crippen LogP contribution is -2.34. The van der Waals surface area contributed by atoms with E-state index in [-0.39, 0.29) is 46.3 Å². The third-order valence-corrected chi connectivity index (χ3v) is 12.3. The van der Waals surface area contributed by atoms with Gasteiger partial charge >= 0.3 is 0 Å². The van der Waals surface area contributed by atoms with Crippen LogP contribution >= 0.6 is 0 Å². The SMILES string of the molecule is CCCCC(CC)C(=O)NC1=CC(=[N+](CCCC)c2ccc(C)cc2)C=C/C1=C1\C(=O)C(c2ccc(N(CCCC)c3ccc(C)cc3)cc2NC(=O)C(CC)CCCC)=C1O. The van der Waals surface area contributed by atoms with Gasteiger partial charge in [-0.15, -0.1) is 0 Å². The van der Waals surface area contributed by atoms with E-state index in [1.54, 1.807) is 0 Å². The van der Waals surface area contributed by atoms with E-state index in [9.17, 15) is 19.5 Å². The van der Waals surface area contributed by atoms with Crippen LogP contribution in [0.15, 0.2) is 108 Å². The lowest BCUT2D eigenvalue weighted by Gasteiger charge is -2.30. The largest absolute Gasteiger partial charge is 0.506 e. The van der Waals surface area contributed by atoms with Crippen molar-refractivity contribution in [1.82, 2.24) is 5.32 Å². The topological polar surface area (TPSA) is 102 Å². The highest BCUT2D eigenvalue weighted by Gasteiger charge is 2.40. The Morgan fingerprint density at radius 3 is 1.81 bits per heavy atom. The minimum Gasteiger partial charge on any atom is -0.506 e. The van der Waals surface area contributed by atoms with E-state index < -0.39 is 0 Å². The minimum atomic E-state index is -0.340. The highest BCUT2D eigenvalue weighted by atomic mass is 16.3. The van der Waals surface area contributed by atoms with Gasteiger partial charge in [-0.3, -0.25) is 14.4 Å². The van der Waals surface area contributed by atoms with Crippen molar-refractivity contribution in [2.45, 2.75) is 132 Å². The van der Waals surface area contributed by atoms with Gasteiger partial charge in [-0.1, -0.05) is 115 Å². The van der Waals surface area contributed by atoms with Crippen molar-refractivity contribution in [3.63, 3.8) is 0 Å². The summed E-state index contributed by atoms with van der Waals surface area (Å²) in [4.78, 5) is 44.8. The Bertz CT molecular complexity index is 2210. The number of unbranched alkanes of at least 4 members (excludes halogenated alkanes) is 4. The number of rotatable bonds is 22. The third kappa shape index (κ3) is 11.5. The van der Waals surface area contributed by atoms with Crippen LogP contribution in [0.1, 0.15) is 135 Å². The zero-order chi connectivity index (χ0) is 44.8. The van der Waals surface area contributed by atoms with E-state index in [0.717, 1.165) is 100 Å². The van der Waals surface area contributed by atoms with Gasteiger partial charge in [-0.25, -0.2) is 0 Å². The molecule has 0 aliphatic heterocycles. The van der Waals surface area contributed by atoms with Gasteiger partial charge in [-0.2, -0.15) is 4.58 Å². The number of anilines is 3. The summed E-state index contributed by atoms with van der Waals surface area (Å²) in [6, 6.07) is 22.6. The molecule has 0 spiro atoms. The van der Waals surface area contributed by atoms with Crippen LogP contribution in [0.2, 0.25) is 0 Å². The highest BCUT2D eigenvalue weighted by Crippen LogP contribution is 2.44. The molecular weight excluding hydrogens is 769 g/mol. The fourth-order valence-corrected chi connectivity index (χ4v) is 8.25. The number of hydrogen-bond donors (Lipinski definition) is 3. The van der Waals surface area contributed by atoms with Crippen LogP contribution in [0.4, 0.5) is 22.7 Å². The number of allylic oxidation sites excluding steroid dienone is 5. The molecule has 0 bridgehead atoms. The Morgan fingerprint density at radius 1 is 0.677 bits per heavy atom. The zero-order valence-corrected chi connectivity index (χ0v) is 38.7. The Morgan fingerprint density at radius 2 is 1.24 bits per heavy atom. The smallest absolute Gasteiger partial charge is 0.227 e. The van der Waals surface area contributed by atoms with Crippen LogP contribution in [-0.4, -0.2) is 46.1 Å². The highest BCUT2D eigenvalue weighted by molar-refractivity contribution is 6.40. The predicted octanol–water partition coefficient (Wildman–Crippen LogP) is 12.9. The summed E-state index contributed by atoms with van der Waals surface area (Å²) >= 11 is 0. The minimum absolute atomic E-state index is 0.0961. The third-order valence-electron chi connectivity index (χ3n) is 12.3. The van der Waals surface area contributed by atoms with E-state index in [1.807, 2.05) is 50.3 Å². The molecule has 3 N–H and O–H groups in total. The number of nitrogens with one attached hydrogen (secondary N) is 2. The maximum absolute atomic E-state index is 14.6. The molecule has 0 fully saturated rings. The van der Waals surface area contributed by atoms with Crippen molar-refractivity contribution in [2.24, 2.45) is 11.8 Å². The van der Waals surface area contributed by atoms with Crippen molar-refractivity contribution in [1.29, 1.82) is 0 Å². The molecular formula is C54H71N4O4+. The first-order valence-electron chi connectivity index (χ1n) is 23.4. The van der Waals surface area contributed by atoms with E-state index >= 15 is 0 Å². The average molecular weight is 840 g/mol. The molecule has 0 aromatic heterocycles. The summed E-state index contributed by atoms with van der Waals surface area (Å²) in [5, 5.41) is 18.5. The molecule has 5 rings (SSSR count). The molecule has 62 heavy (non-hydrogen) atoms. The van der Waals surface area contributed by atoms with Crippen molar-refractivity contribution < 1.29 is 24.1 Å². The van der Waals surface area contributed by atoms with Crippen molar-refractivity contribution in [3.05, 3.63) is 124 Å². The maximum atomic E-state index is 14.6. The molecule has 8 heteroatoms. The lowest BCUT2D eigenvalue weighted by molar-refractivity contribution is -0.439. The van der Waals surface area contributed by atoms with Crippen LogP contribution in [0, 0.1) is 25.7 Å². The molecule has 330 valence electrons. The number of hydrogen-bond acceptors (Lipinski definition) is 5. The Balaban J connectivity index is 1.66. The molecule has 2 unspecified atom stereocenters. The summed E-state index contributed by atoms with van der Waals surface area (Å²) in [5.74, 6) is -1.06. The molecule has 8 nitrogen and oxygen atoms in total. The Hall–Kier alpha value is -5.50. The number of aryl methyl sites for hydroxylation is 2. The molecule has 3 aromatic rings. The van der Waals surface area contributed by atoms with Crippen LogP contribution < -0.4 is 15.5 Å². The standard InChI is InChI=1S/C54H70N4O4/c1-9-15-19-39(13-5)53(61)55-47-35-43(57(33-17-11-3)41-25-21-37(7)22-26-41)29-31-45(47)49-51(59)50(52(49)60)46-32-30-44(36-48(46)56-54(62)40(14-6)20-16-10-2)58(34-18-12-4)42-27-23-38(8)24-28-42/h21-32,35-36,39-40H,9-20,33-34H2,1-8H3,(H2,55,56,59,60,61,62)/p+1. The molecule has 2 aliphatic rings. The summed E-state index contributed by atoms with van der Waals surface area (Å²) in [5.41, 5.74) is 8.39. The number of ketones is 1. The normalized spacial score (nSPS) is 16.7. The van der Waals surface area contributed by atoms with Crippen LogP contribution in [0.3, 0.4) is 0 Å². The lowest BCUT2D eigenvalue weighted by atomic mass is 9.78. The molecule has 2 amide bonds. The van der Waals surface area contributed by atoms with E-state index in [2.05, 4.69) is 110 Å². The number of Topliss-reactive ketones (excluding diaryl/α,β-unsaturated/α-hetero) is 1. The fourth-order valence-electron chi connectivity index (χ4n) is 8.25. The molecule has 0 heterocycles. The first kappa shape index (κ1) is 47.5. The van der Waals surface area contributed by atoms with E-state index in [4.69, 9.17) is 0 Å². The maximum Gasteiger partial charge on any atom is 0.227 e. The summed E-state index contributed by atoms with van der Waals surface area (Å²) in [7, 11) is 0. The number of carbonyl (C=O) groups excluding carboxylic acids is 3.